The van der Waals surface area contributed by atoms with Crippen LogP contribution in [-0.2, 0) is 0 Å². The third-order valence-corrected chi connectivity index (χ3v) is 7.53. The molecule has 1 atom stereocenters. The first kappa shape index (κ1) is 26.0. The molecule has 3 heterocycles. The van der Waals surface area contributed by atoms with Gasteiger partial charge in [0.2, 0.25) is 0 Å². The highest BCUT2D eigenvalue weighted by Crippen LogP contribution is 2.37. The molecular formula is C29H39N3O4. The zero-order chi connectivity index (χ0) is 26.2. The molecule has 1 saturated heterocycles. The number of carboxylic acids is 1. The standard InChI is InChI=1S/C29H39N3O4/c1-7-18(2)26-20(9-8-10-24(26)36-19-11-13-30-14-12-19)27-22-15-23(33)21(28(34)35)16-32(22)25(17-31(27)6)29(3,4)5/h8-10,15-16,19,25,30H,7,11-14,17H2,1-6H3,(H,34,35)/b26-18?,27-20-. The van der Waals surface area contributed by atoms with Gasteiger partial charge in [-0.05, 0) is 50.8 Å². The number of pyridine rings is 1. The minimum absolute atomic E-state index is 0.00572. The fourth-order valence-corrected chi connectivity index (χ4v) is 5.36. The first-order chi connectivity index (χ1) is 17.0. The van der Waals surface area contributed by atoms with Gasteiger partial charge in [0.05, 0.1) is 17.4 Å². The Hall–Kier alpha value is -3.06. The number of ether oxygens (including phenoxy) is 1. The third kappa shape index (κ3) is 4.94. The van der Waals surface area contributed by atoms with Gasteiger partial charge in [-0.1, -0.05) is 45.4 Å². The van der Waals surface area contributed by atoms with Crippen LogP contribution >= 0.6 is 0 Å². The number of aromatic nitrogens is 1. The Kier molecular flexibility index (Phi) is 7.32. The highest BCUT2D eigenvalue weighted by molar-refractivity contribution is 5.87. The lowest BCUT2D eigenvalue weighted by atomic mass is 9.84. The molecule has 36 heavy (non-hydrogen) atoms. The molecule has 0 spiro atoms. The number of carbonyl (C=O) groups is 1. The van der Waals surface area contributed by atoms with Crippen LogP contribution in [0, 0.1) is 5.41 Å². The minimum atomic E-state index is -1.20. The monoisotopic (exact) mass is 493 g/mol. The van der Waals surface area contributed by atoms with Crippen molar-refractivity contribution in [1.82, 2.24) is 14.8 Å². The lowest BCUT2D eigenvalue weighted by Gasteiger charge is -2.43. The van der Waals surface area contributed by atoms with Gasteiger partial charge >= 0.3 is 5.97 Å². The van der Waals surface area contributed by atoms with E-state index in [1.165, 1.54) is 17.8 Å². The van der Waals surface area contributed by atoms with E-state index < -0.39 is 11.4 Å². The second-order valence-electron chi connectivity index (χ2n) is 11.1. The van der Waals surface area contributed by atoms with E-state index in [4.69, 9.17) is 4.74 Å². The smallest absolute Gasteiger partial charge is 0.341 e. The van der Waals surface area contributed by atoms with Crippen molar-refractivity contribution in [3.63, 3.8) is 0 Å². The summed E-state index contributed by atoms with van der Waals surface area (Å²) < 4.78 is 8.58. The predicted octanol–water partition coefficient (Wildman–Crippen LogP) is 2.95. The Morgan fingerprint density at radius 1 is 1.22 bits per heavy atom. The molecule has 1 aromatic carbocycles. The summed E-state index contributed by atoms with van der Waals surface area (Å²) in [6.45, 7) is 13.3. The summed E-state index contributed by atoms with van der Waals surface area (Å²) in [5, 5.41) is 15.1. The van der Waals surface area contributed by atoms with Crippen molar-refractivity contribution in [2.75, 3.05) is 26.7 Å². The van der Waals surface area contributed by atoms with E-state index >= 15 is 0 Å². The first-order valence-corrected chi connectivity index (χ1v) is 12.9. The number of hydrogen-bond acceptors (Lipinski definition) is 5. The number of likely N-dealkylation sites (N-methyl/N-ethyl adjacent to an activating group) is 1. The van der Waals surface area contributed by atoms with Crippen LogP contribution in [0.15, 0.2) is 35.3 Å². The normalized spacial score (nSPS) is 21.2. The van der Waals surface area contributed by atoms with Gasteiger partial charge in [0.1, 0.15) is 17.4 Å². The second kappa shape index (κ2) is 10.1. The maximum Gasteiger partial charge on any atom is 0.341 e. The largest absolute Gasteiger partial charge is 0.490 e. The molecule has 2 aromatic rings. The minimum Gasteiger partial charge on any atom is -0.490 e. The van der Waals surface area contributed by atoms with Gasteiger partial charge in [0.25, 0.3) is 0 Å². The Labute approximate surface area is 213 Å². The van der Waals surface area contributed by atoms with Crippen molar-refractivity contribution in [2.45, 2.75) is 66.0 Å². The van der Waals surface area contributed by atoms with Crippen molar-refractivity contribution >= 4 is 17.2 Å². The lowest BCUT2D eigenvalue weighted by molar-refractivity contribution is 0.0693. The van der Waals surface area contributed by atoms with Crippen molar-refractivity contribution in [1.29, 1.82) is 0 Å². The fourth-order valence-electron chi connectivity index (χ4n) is 5.36. The summed E-state index contributed by atoms with van der Waals surface area (Å²) in [6, 6.07) is 7.64. The van der Waals surface area contributed by atoms with Crippen LogP contribution in [0.4, 0.5) is 0 Å². The van der Waals surface area contributed by atoms with Gasteiger partial charge < -0.3 is 24.6 Å². The van der Waals surface area contributed by atoms with Crippen molar-refractivity contribution in [3.8, 4) is 5.75 Å². The second-order valence-corrected chi connectivity index (χ2v) is 11.1. The van der Waals surface area contributed by atoms with E-state index in [1.807, 2.05) is 16.7 Å². The van der Waals surface area contributed by atoms with Gasteiger partial charge in [-0.2, -0.15) is 0 Å². The molecule has 194 valence electrons. The lowest BCUT2D eigenvalue weighted by Crippen LogP contribution is -2.46. The number of nitrogens with zero attached hydrogens (tertiary/aromatic N) is 2. The number of nitrogens with one attached hydrogen (secondary N) is 1. The first-order valence-electron chi connectivity index (χ1n) is 12.9. The predicted molar refractivity (Wildman–Crippen MR) is 143 cm³/mol. The summed E-state index contributed by atoms with van der Waals surface area (Å²) in [4.78, 5) is 27.0. The summed E-state index contributed by atoms with van der Waals surface area (Å²) in [5.74, 6) is -0.328. The SMILES string of the molecule is CCC(C)=c1c(OC2CCNCC2)ccc/c1=C1\c2cc(=O)c(C(=O)O)cn2C(C(C)(C)C)CN1C. The molecule has 0 saturated carbocycles. The summed E-state index contributed by atoms with van der Waals surface area (Å²) in [5.41, 5.74) is 2.05. The summed E-state index contributed by atoms with van der Waals surface area (Å²) in [6.07, 6.45) is 4.50. The number of piperidine rings is 1. The van der Waals surface area contributed by atoms with Crippen molar-refractivity contribution in [3.05, 3.63) is 62.4 Å². The van der Waals surface area contributed by atoms with Crippen molar-refractivity contribution in [2.24, 2.45) is 5.41 Å². The van der Waals surface area contributed by atoms with Gasteiger partial charge in [0.15, 0.2) is 5.43 Å². The highest BCUT2D eigenvalue weighted by Gasteiger charge is 2.35. The highest BCUT2D eigenvalue weighted by atomic mass is 16.5. The quantitative estimate of drug-likeness (QED) is 0.682. The molecule has 2 aliphatic heterocycles. The molecule has 2 aliphatic rings. The Bertz CT molecular complexity index is 1330. The van der Waals surface area contributed by atoms with Crippen LogP contribution in [-0.4, -0.2) is 53.3 Å². The van der Waals surface area contributed by atoms with Gasteiger partial charge in [-0.15, -0.1) is 0 Å². The number of rotatable bonds is 4. The molecule has 2 N–H and O–H groups in total. The van der Waals surface area contributed by atoms with Gasteiger partial charge in [-0.3, -0.25) is 4.79 Å². The van der Waals surface area contributed by atoms with E-state index in [-0.39, 0.29) is 23.1 Å². The average molecular weight is 494 g/mol. The summed E-state index contributed by atoms with van der Waals surface area (Å²) in [7, 11) is 2.05. The van der Waals surface area contributed by atoms with Crippen LogP contribution in [0.5, 0.6) is 5.75 Å². The molecule has 7 heteroatoms. The molecule has 1 aromatic heterocycles. The number of aromatic carboxylic acids is 1. The van der Waals surface area contributed by atoms with Crippen LogP contribution < -0.4 is 25.9 Å². The molecule has 7 nitrogen and oxygen atoms in total. The zero-order valence-corrected chi connectivity index (χ0v) is 22.4. The zero-order valence-electron chi connectivity index (χ0n) is 22.4. The van der Waals surface area contributed by atoms with E-state index in [2.05, 4.69) is 57.9 Å². The maximum atomic E-state index is 12.9. The van der Waals surface area contributed by atoms with E-state index in [9.17, 15) is 14.7 Å². The van der Waals surface area contributed by atoms with Gasteiger partial charge in [-0.25, -0.2) is 4.79 Å². The van der Waals surface area contributed by atoms with Crippen LogP contribution in [0.3, 0.4) is 0 Å². The van der Waals surface area contributed by atoms with Crippen molar-refractivity contribution < 1.29 is 14.6 Å². The molecular weight excluding hydrogens is 454 g/mol. The van der Waals surface area contributed by atoms with Crippen LogP contribution in [0.25, 0.3) is 11.3 Å². The Balaban J connectivity index is 2.06. The maximum absolute atomic E-state index is 12.9. The third-order valence-electron chi connectivity index (χ3n) is 7.53. The molecule has 0 radical (unpaired) electrons. The topological polar surface area (TPSA) is 83.8 Å². The number of fused-ring (bicyclic) bond motifs is 1. The van der Waals surface area contributed by atoms with E-state index in [0.29, 0.717) is 6.54 Å². The van der Waals surface area contributed by atoms with E-state index in [0.717, 1.165) is 59.9 Å². The molecule has 0 amide bonds. The number of carboxylic acid groups (broad SMARTS) is 1. The van der Waals surface area contributed by atoms with Crippen LogP contribution in [0.2, 0.25) is 0 Å². The summed E-state index contributed by atoms with van der Waals surface area (Å²) >= 11 is 0. The van der Waals surface area contributed by atoms with Crippen LogP contribution in [0.1, 0.15) is 76.0 Å². The molecule has 0 bridgehead atoms. The Morgan fingerprint density at radius 2 is 1.92 bits per heavy atom. The number of hydrogen-bond donors (Lipinski definition) is 2. The fraction of sp³-hybridized carbons (Fsp3) is 0.517. The average Bonchev–Trinajstić information content (AvgIpc) is 2.82. The van der Waals surface area contributed by atoms with Gasteiger partial charge in [0, 0.05) is 36.3 Å². The number of benzene rings is 1. The molecule has 0 aliphatic carbocycles. The molecule has 1 fully saturated rings. The van der Waals surface area contributed by atoms with E-state index in [1.54, 1.807) is 0 Å². The molecule has 1 unspecified atom stereocenters. The molecule has 4 rings (SSSR count). The Morgan fingerprint density at radius 3 is 2.53 bits per heavy atom.